The fourth-order valence-corrected chi connectivity index (χ4v) is 1.24. The summed E-state index contributed by atoms with van der Waals surface area (Å²) in [6.45, 7) is 7.00. The Labute approximate surface area is 78.3 Å². The Morgan fingerprint density at radius 2 is 2.31 bits per heavy atom. The van der Waals surface area contributed by atoms with Gasteiger partial charge in [-0.1, -0.05) is 13.8 Å². The summed E-state index contributed by atoms with van der Waals surface area (Å²) < 4.78 is 5.56. The predicted molar refractivity (Wildman–Crippen MR) is 48.6 cm³/mol. The maximum absolute atomic E-state index is 10.6. The first-order valence-electron chi connectivity index (χ1n) is 4.56. The molecule has 0 aromatic rings. The summed E-state index contributed by atoms with van der Waals surface area (Å²) in [7, 11) is 0. The second-order valence-corrected chi connectivity index (χ2v) is 4.05. The molecule has 0 aliphatic carbocycles. The maximum Gasteiger partial charge on any atom is 0.323 e. The number of carboxylic acids is 1. The average Bonchev–Trinajstić information content (AvgIpc) is 2.04. The van der Waals surface area contributed by atoms with Gasteiger partial charge in [0.1, 0.15) is 6.04 Å². The van der Waals surface area contributed by atoms with Crippen molar-refractivity contribution in [3.8, 4) is 0 Å². The summed E-state index contributed by atoms with van der Waals surface area (Å²) in [6.07, 6.45) is 0. The number of aliphatic carboxylic acids is 1. The van der Waals surface area contributed by atoms with Crippen LogP contribution in [0.4, 0.5) is 0 Å². The molecule has 13 heavy (non-hydrogen) atoms. The fourth-order valence-electron chi connectivity index (χ4n) is 1.24. The minimum Gasteiger partial charge on any atom is -0.480 e. The van der Waals surface area contributed by atoms with Crippen molar-refractivity contribution in [2.75, 3.05) is 13.2 Å². The van der Waals surface area contributed by atoms with Gasteiger partial charge in [-0.2, -0.15) is 0 Å². The molecule has 1 aliphatic rings. The number of morpholine rings is 1. The third-order valence-electron chi connectivity index (χ3n) is 2.80. The maximum atomic E-state index is 10.6. The van der Waals surface area contributed by atoms with E-state index in [2.05, 4.69) is 19.2 Å². The first-order valence-corrected chi connectivity index (χ1v) is 4.56. The largest absolute Gasteiger partial charge is 0.480 e. The number of hydrogen-bond acceptors (Lipinski definition) is 3. The zero-order valence-corrected chi connectivity index (χ0v) is 8.33. The van der Waals surface area contributed by atoms with E-state index in [9.17, 15) is 4.79 Å². The van der Waals surface area contributed by atoms with Crippen LogP contribution < -0.4 is 5.32 Å². The molecular weight excluding hydrogens is 170 g/mol. The van der Waals surface area contributed by atoms with Crippen molar-refractivity contribution in [2.45, 2.75) is 32.4 Å². The van der Waals surface area contributed by atoms with Gasteiger partial charge in [0.15, 0.2) is 0 Å². The highest BCUT2D eigenvalue weighted by Gasteiger charge is 2.36. The van der Waals surface area contributed by atoms with Crippen LogP contribution in [0.2, 0.25) is 0 Å². The van der Waals surface area contributed by atoms with Gasteiger partial charge in [-0.3, -0.25) is 10.1 Å². The summed E-state index contributed by atoms with van der Waals surface area (Å²) in [6, 6.07) is -0.549. The lowest BCUT2D eigenvalue weighted by Gasteiger charge is -2.40. The van der Waals surface area contributed by atoms with E-state index >= 15 is 0 Å². The minimum atomic E-state index is -0.842. The molecule has 0 spiro atoms. The highest BCUT2D eigenvalue weighted by Crippen LogP contribution is 2.23. The molecule has 0 radical (unpaired) electrons. The summed E-state index contributed by atoms with van der Waals surface area (Å²) in [5.41, 5.74) is -0.230. The number of carbonyl (C=O) groups is 1. The lowest BCUT2D eigenvalue weighted by Crippen LogP contribution is -2.57. The van der Waals surface area contributed by atoms with Crippen LogP contribution in [-0.2, 0) is 9.53 Å². The molecule has 2 unspecified atom stereocenters. The Bertz CT molecular complexity index is 195. The van der Waals surface area contributed by atoms with Gasteiger partial charge in [0.05, 0.1) is 12.2 Å². The number of nitrogens with one attached hydrogen (secondary N) is 1. The molecule has 1 aliphatic heterocycles. The number of carboxylic acid groups (broad SMARTS) is 1. The molecular formula is C9H17NO3. The molecule has 0 saturated carbocycles. The Kier molecular flexibility index (Phi) is 2.93. The van der Waals surface area contributed by atoms with Crippen LogP contribution in [0.5, 0.6) is 0 Å². The van der Waals surface area contributed by atoms with E-state index in [0.29, 0.717) is 12.5 Å². The Morgan fingerprint density at radius 1 is 1.69 bits per heavy atom. The molecule has 0 amide bonds. The Balaban J connectivity index is 2.51. The van der Waals surface area contributed by atoms with Crippen molar-refractivity contribution in [3.05, 3.63) is 0 Å². The summed E-state index contributed by atoms with van der Waals surface area (Å²) in [5, 5.41) is 11.7. The standard InChI is InChI=1S/C9H17NO3/c1-6(2)9(3)5-10-7(4-13-9)8(11)12/h6-7,10H,4-5H2,1-3H3,(H,11,12). The Hall–Kier alpha value is -0.610. The molecule has 76 valence electrons. The second kappa shape index (κ2) is 3.64. The zero-order chi connectivity index (χ0) is 10.1. The molecule has 4 nitrogen and oxygen atoms in total. The lowest BCUT2D eigenvalue weighted by molar-refractivity contribution is -0.151. The van der Waals surface area contributed by atoms with E-state index in [1.807, 2.05) is 6.92 Å². The Morgan fingerprint density at radius 3 is 2.62 bits per heavy atom. The molecule has 1 heterocycles. The third kappa shape index (κ3) is 2.19. The molecule has 0 bridgehead atoms. The molecule has 2 N–H and O–H groups in total. The van der Waals surface area contributed by atoms with E-state index in [4.69, 9.17) is 9.84 Å². The number of hydrogen-bond donors (Lipinski definition) is 2. The molecule has 0 aromatic carbocycles. The smallest absolute Gasteiger partial charge is 0.323 e. The minimum absolute atomic E-state index is 0.230. The van der Waals surface area contributed by atoms with Gasteiger partial charge in [0.25, 0.3) is 0 Å². The molecule has 1 saturated heterocycles. The van der Waals surface area contributed by atoms with Crippen LogP contribution in [0.1, 0.15) is 20.8 Å². The van der Waals surface area contributed by atoms with Gasteiger partial charge in [0.2, 0.25) is 0 Å². The zero-order valence-electron chi connectivity index (χ0n) is 8.33. The van der Waals surface area contributed by atoms with Crippen LogP contribution in [0.15, 0.2) is 0 Å². The molecule has 1 rings (SSSR count). The molecule has 1 fully saturated rings. The summed E-state index contributed by atoms with van der Waals surface area (Å²) in [5.74, 6) is -0.458. The van der Waals surface area contributed by atoms with Crippen LogP contribution in [0, 0.1) is 5.92 Å². The fraction of sp³-hybridized carbons (Fsp3) is 0.889. The SMILES string of the molecule is CC(C)C1(C)CNC(C(=O)O)CO1. The van der Waals surface area contributed by atoms with E-state index in [1.165, 1.54) is 0 Å². The highest BCUT2D eigenvalue weighted by molar-refractivity contribution is 5.73. The average molecular weight is 187 g/mol. The van der Waals surface area contributed by atoms with Crippen molar-refractivity contribution in [2.24, 2.45) is 5.92 Å². The first kappa shape index (κ1) is 10.5. The number of ether oxygens (including phenoxy) is 1. The van der Waals surface area contributed by atoms with Crippen LogP contribution >= 0.6 is 0 Å². The highest BCUT2D eigenvalue weighted by atomic mass is 16.5. The lowest BCUT2D eigenvalue weighted by atomic mass is 9.90. The molecule has 0 aromatic heterocycles. The van der Waals surface area contributed by atoms with Crippen LogP contribution in [0.25, 0.3) is 0 Å². The molecule has 4 heteroatoms. The van der Waals surface area contributed by atoms with Crippen molar-refractivity contribution in [1.29, 1.82) is 0 Å². The topological polar surface area (TPSA) is 58.6 Å². The second-order valence-electron chi connectivity index (χ2n) is 4.05. The molecule has 2 atom stereocenters. The van der Waals surface area contributed by atoms with Gasteiger partial charge in [-0.25, -0.2) is 0 Å². The van der Waals surface area contributed by atoms with Gasteiger partial charge in [-0.05, 0) is 12.8 Å². The third-order valence-corrected chi connectivity index (χ3v) is 2.80. The van der Waals surface area contributed by atoms with E-state index in [0.717, 1.165) is 0 Å². The van der Waals surface area contributed by atoms with E-state index in [1.54, 1.807) is 0 Å². The van der Waals surface area contributed by atoms with E-state index < -0.39 is 12.0 Å². The quantitative estimate of drug-likeness (QED) is 0.660. The summed E-state index contributed by atoms with van der Waals surface area (Å²) >= 11 is 0. The van der Waals surface area contributed by atoms with Gasteiger partial charge < -0.3 is 9.84 Å². The van der Waals surface area contributed by atoms with Crippen molar-refractivity contribution < 1.29 is 14.6 Å². The number of rotatable bonds is 2. The van der Waals surface area contributed by atoms with Crippen molar-refractivity contribution in [1.82, 2.24) is 5.32 Å². The van der Waals surface area contributed by atoms with E-state index in [-0.39, 0.29) is 12.2 Å². The summed E-state index contributed by atoms with van der Waals surface area (Å²) in [4.78, 5) is 10.6. The van der Waals surface area contributed by atoms with Gasteiger partial charge in [0, 0.05) is 6.54 Å². The first-order chi connectivity index (χ1) is 5.96. The van der Waals surface area contributed by atoms with Gasteiger partial charge >= 0.3 is 5.97 Å². The van der Waals surface area contributed by atoms with Crippen molar-refractivity contribution in [3.63, 3.8) is 0 Å². The van der Waals surface area contributed by atoms with Gasteiger partial charge in [-0.15, -0.1) is 0 Å². The predicted octanol–water partition coefficient (Wildman–Crippen LogP) is 0.474. The van der Waals surface area contributed by atoms with Crippen molar-refractivity contribution >= 4 is 5.97 Å². The monoisotopic (exact) mass is 187 g/mol. The van der Waals surface area contributed by atoms with Crippen LogP contribution in [0.3, 0.4) is 0 Å². The van der Waals surface area contributed by atoms with Crippen LogP contribution in [-0.4, -0.2) is 35.9 Å². The normalized spacial score (nSPS) is 34.9.